The van der Waals surface area contributed by atoms with Crippen molar-refractivity contribution in [3.05, 3.63) is 30.0 Å². The molecular weight excluding hydrogens is 514 g/mol. The van der Waals surface area contributed by atoms with Gasteiger partial charge in [0.1, 0.15) is 17.5 Å². The van der Waals surface area contributed by atoms with E-state index in [0.717, 1.165) is 23.7 Å². The molecule has 6 rings (SSSR count). The SMILES string of the molecule is COc1cccc2[nH]c(C(=O)N3C[C@H]4[C@@H]([C@H]3C(=O)N[C@@H](C[C@@H]3CCNC3=O)C(=O)C(=O)NC3CC3)C4(C)C)cc12. The summed E-state index contributed by atoms with van der Waals surface area (Å²) in [6.07, 6.45) is 2.20. The van der Waals surface area contributed by atoms with Crippen LogP contribution in [0.5, 0.6) is 5.75 Å². The molecule has 0 spiro atoms. The minimum absolute atomic E-state index is 0.0199. The molecule has 2 aliphatic heterocycles. The number of benzene rings is 1. The van der Waals surface area contributed by atoms with Gasteiger partial charge in [0.2, 0.25) is 17.6 Å². The fourth-order valence-corrected chi connectivity index (χ4v) is 6.66. The number of fused-ring (bicyclic) bond motifs is 2. The molecule has 1 aromatic carbocycles. The number of carbonyl (C=O) groups excluding carboxylic acids is 5. The average Bonchev–Trinajstić information content (AvgIpc) is 3.56. The Morgan fingerprint density at radius 1 is 1.18 bits per heavy atom. The fraction of sp³-hybridized carbons (Fsp3) is 0.552. The van der Waals surface area contributed by atoms with Crippen molar-refractivity contribution in [2.24, 2.45) is 23.2 Å². The number of hydrogen-bond acceptors (Lipinski definition) is 6. The number of ketones is 1. The summed E-state index contributed by atoms with van der Waals surface area (Å²) in [4.78, 5) is 70.6. The van der Waals surface area contributed by atoms with Gasteiger partial charge in [0.05, 0.1) is 13.2 Å². The van der Waals surface area contributed by atoms with Crippen molar-refractivity contribution >= 4 is 40.3 Å². The highest BCUT2D eigenvalue weighted by atomic mass is 16.5. The Hall–Kier alpha value is -3.89. The van der Waals surface area contributed by atoms with Gasteiger partial charge in [-0.2, -0.15) is 0 Å². The van der Waals surface area contributed by atoms with Gasteiger partial charge in [0, 0.05) is 36.0 Å². The molecule has 2 saturated heterocycles. The maximum Gasteiger partial charge on any atom is 0.289 e. The second kappa shape index (κ2) is 9.64. The number of Topliss-reactive ketones (excluding diaryl/α,β-unsaturated/α-hetero) is 1. The quantitative estimate of drug-likeness (QED) is 0.345. The fourth-order valence-electron chi connectivity index (χ4n) is 6.66. The molecule has 11 nitrogen and oxygen atoms in total. The Bertz CT molecular complexity index is 1410. The van der Waals surface area contributed by atoms with E-state index in [1.54, 1.807) is 18.1 Å². The van der Waals surface area contributed by atoms with Gasteiger partial charge in [-0.25, -0.2) is 0 Å². The number of H-pyrrole nitrogens is 1. The first-order chi connectivity index (χ1) is 19.1. The average molecular weight is 550 g/mol. The van der Waals surface area contributed by atoms with Crippen LogP contribution in [0, 0.1) is 23.2 Å². The number of aromatic amines is 1. The van der Waals surface area contributed by atoms with Crippen LogP contribution in [0.1, 0.15) is 50.0 Å². The highest BCUT2D eigenvalue weighted by Crippen LogP contribution is 2.65. The van der Waals surface area contributed by atoms with Crippen LogP contribution < -0.4 is 20.7 Å². The third-order valence-electron chi connectivity index (χ3n) is 9.26. The van der Waals surface area contributed by atoms with Crippen LogP contribution >= 0.6 is 0 Å². The smallest absolute Gasteiger partial charge is 0.289 e. The maximum atomic E-state index is 13.9. The summed E-state index contributed by atoms with van der Waals surface area (Å²) in [5, 5.41) is 9.01. The van der Waals surface area contributed by atoms with Gasteiger partial charge in [-0.15, -0.1) is 0 Å². The molecule has 5 atom stereocenters. The first-order valence-corrected chi connectivity index (χ1v) is 14.0. The number of rotatable bonds is 9. The van der Waals surface area contributed by atoms with E-state index in [0.29, 0.717) is 31.0 Å². The van der Waals surface area contributed by atoms with Crippen molar-refractivity contribution in [1.29, 1.82) is 0 Å². The van der Waals surface area contributed by atoms with Gasteiger partial charge in [0.15, 0.2) is 0 Å². The van der Waals surface area contributed by atoms with Crippen LogP contribution in [-0.4, -0.2) is 77.6 Å². The van der Waals surface area contributed by atoms with Gasteiger partial charge in [-0.1, -0.05) is 19.9 Å². The van der Waals surface area contributed by atoms with Crippen LogP contribution in [0.3, 0.4) is 0 Å². The van der Waals surface area contributed by atoms with Crippen molar-refractivity contribution in [3.8, 4) is 5.75 Å². The van der Waals surface area contributed by atoms with Crippen molar-refractivity contribution in [2.45, 2.75) is 57.7 Å². The van der Waals surface area contributed by atoms with Gasteiger partial charge in [0.25, 0.3) is 11.8 Å². The van der Waals surface area contributed by atoms with Crippen molar-refractivity contribution in [1.82, 2.24) is 25.8 Å². The molecule has 212 valence electrons. The van der Waals surface area contributed by atoms with E-state index in [1.807, 2.05) is 18.2 Å². The molecule has 0 unspecified atom stereocenters. The molecule has 4 N–H and O–H groups in total. The molecule has 2 aromatic rings. The highest BCUT2D eigenvalue weighted by molar-refractivity contribution is 6.38. The number of hydrogen-bond donors (Lipinski definition) is 4. The molecule has 4 fully saturated rings. The summed E-state index contributed by atoms with van der Waals surface area (Å²) in [6, 6.07) is 5.25. The van der Waals surface area contributed by atoms with E-state index in [1.165, 1.54) is 0 Å². The summed E-state index contributed by atoms with van der Waals surface area (Å²) in [5.74, 6) is -2.27. The van der Waals surface area contributed by atoms with Crippen LogP contribution in [-0.2, 0) is 19.2 Å². The van der Waals surface area contributed by atoms with E-state index in [4.69, 9.17) is 4.74 Å². The van der Waals surface area contributed by atoms with Crippen LogP contribution in [0.2, 0.25) is 0 Å². The Morgan fingerprint density at radius 3 is 2.62 bits per heavy atom. The predicted octanol–water partition coefficient (Wildman–Crippen LogP) is 1.13. The predicted molar refractivity (Wildman–Crippen MR) is 144 cm³/mol. The molecule has 11 heteroatoms. The summed E-state index contributed by atoms with van der Waals surface area (Å²) in [7, 11) is 1.57. The number of ether oxygens (including phenoxy) is 1. The van der Waals surface area contributed by atoms with E-state index >= 15 is 0 Å². The third kappa shape index (κ3) is 4.50. The second-order valence-electron chi connectivity index (χ2n) is 12.1. The van der Waals surface area contributed by atoms with Gasteiger partial charge >= 0.3 is 0 Å². The largest absolute Gasteiger partial charge is 0.496 e. The highest BCUT2D eigenvalue weighted by Gasteiger charge is 2.69. The lowest BCUT2D eigenvalue weighted by molar-refractivity contribution is -0.141. The number of methoxy groups -OCH3 is 1. The summed E-state index contributed by atoms with van der Waals surface area (Å²) < 4.78 is 5.43. The monoisotopic (exact) mass is 549 g/mol. The number of piperidine rings is 1. The third-order valence-corrected chi connectivity index (χ3v) is 9.26. The first-order valence-electron chi connectivity index (χ1n) is 14.0. The topological polar surface area (TPSA) is 150 Å². The standard InChI is InChI=1S/C29H35N5O6/c1-29(2)17-13-34(28(39)20-12-16-18(32-20)5-4-6-21(16)40-3)23(22(17)29)26(37)33-19(11-14-9-10-30-25(14)36)24(35)27(38)31-15-7-8-15/h4-6,12,14-15,17,19,22-23,32H,7-11,13H2,1-3H3,(H,30,36)(H,31,38)(H,33,37)/t14-,17-,19-,22-,23-/m0/s1. The molecular formula is C29H35N5O6. The van der Waals surface area contributed by atoms with Crippen LogP contribution in [0.4, 0.5) is 0 Å². The van der Waals surface area contributed by atoms with E-state index < -0.39 is 35.6 Å². The zero-order chi connectivity index (χ0) is 28.3. The van der Waals surface area contributed by atoms with Gasteiger partial charge in [-0.05, 0) is 61.1 Å². The van der Waals surface area contributed by atoms with E-state index in [-0.39, 0.29) is 41.5 Å². The lowest BCUT2D eigenvalue weighted by Gasteiger charge is -2.31. The Morgan fingerprint density at radius 2 is 1.95 bits per heavy atom. The minimum Gasteiger partial charge on any atom is -0.496 e. The second-order valence-corrected chi connectivity index (χ2v) is 12.1. The van der Waals surface area contributed by atoms with Crippen LogP contribution in [0.15, 0.2) is 24.3 Å². The summed E-state index contributed by atoms with van der Waals surface area (Å²) >= 11 is 0. The number of nitrogens with zero attached hydrogens (tertiary/aromatic N) is 1. The molecule has 2 aliphatic carbocycles. The first kappa shape index (κ1) is 26.3. The van der Waals surface area contributed by atoms with Crippen molar-refractivity contribution in [3.63, 3.8) is 0 Å². The number of amides is 4. The molecule has 4 aliphatic rings. The number of carbonyl (C=O) groups is 5. The van der Waals surface area contributed by atoms with Crippen molar-refractivity contribution < 1.29 is 28.7 Å². The van der Waals surface area contributed by atoms with Crippen molar-refractivity contribution in [2.75, 3.05) is 20.2 Å². The Labute approximate surface area is 231 Å². The molecule has 3 heterocycles. The van der Waals surface area contributed by atoms with E-state index in [2.05, 4.69) is 34.8 Å². The number of aromatic nitrogens is 1. The molecule has 2 saturated carbocycles. The van der Waals surface area contributed by atoms with Gasteiger partial charge < -0.3 is 30.6 Å². The van der Waals surface area contributed by atoms with E-state index in [9.17, 15) is 24.0 Å². The normalized spacial score (nSPS) is 27.1. The van der Waals surface area contributed by atoms with Gasteiger partial charge in [-0.3, -0.25) is 24.0 Å². The summed E-state index contributed by atoms with van der Waals surface area (Å²) in [5.41, 5.74) is 0.947. The lowest BCUT2D eigenvalue weighted by Crippen LogP contribution is -2.56. The van der Waals surface area contributed by atoms with Crippen LogP contribution in [0.25, 0.3) is 10.9 Å². The number of likely N-dealkylation sites (tertiary alicyclic amines) is 1. The molecule has 4 amide bonds. The Kier molecular flexibility index (Phi) is 6.35. The maximum absolute atomic E-state index is 13.9. The summed E-state index contributed by atoms with van der Waals surface area (Å²) in [6.45, 7) is 5.05. The molecule has 1 aromatic heterocycles. The molecule has 0 radical (unpaired) electrons. The minimum atomic E-state index is -1.16. The zero-order valence-corrected chi connectivity index (χ0v) is 22.9. The molecule has 40 heavy (non-hydrogen) atoms. The Balaban J connectivity index is 1.25. The number of nitrogens with one attached hydrogen (secondary N) is 4. The zero-order valence-electron chi connectivity index (χ0n) is 22.9. The molecule has 0 bridgehead atoms. The lowest BCUT2D eigenvalue weighted by atomic mass is 9.94.